The van der Waals surface area contributed by atoms with Crippen LogP contribution in [0, 0.1) is 10.1 Å². The molecule has 1 rings (SSSR count). The molecule has 0 aliphatic rings. The lowest BCUT2D eigenvalue weighted by Gasteiger charge is -2.17. The molecule has 0 aliphatic heterocycles. The molecule has 18 heavy (non-hydrogen) atoms. The average Bonchev–Trinajstić information content (AvgIpc) is 2.39. The van der Waals surface area contributed by atoms with Gasteiger partial charge in [0.15, 0.2) is 5.75 Å². The predicted octanol–water partition coefficient (Wildman–Crippen LogP) is 1.26. The average molecular weight is 256 g/mol. The van der Waals surface area contributed by atoms with Gasteiger partial charge < -0.3 is 19.9 Å². The molecule has 1 aromatic carbocycles. The van der Waals surface area contributed by atoms with E-state index in [2.05, 4.69) is 0 Å². The summed E-state index contributed by atoms with van der Waals surface area (Å²) in [5.74, 6) is 0.492. The van der Waals surface area contributed by atoms with E-state index < -0.39 is 11.0 Å². The maximum Gasteiger partial charge on any atom is 0.314 e. The number of benzene rings is 1. The Kier molecular flexibility index (Phi) is 4.87. The molecule has 0 aromatic heterocycles. The van der Waals surface area contributed by atoms with Crippen molar-refractivity contribution in [3.05, 3.63) is 27.8 Å². The molecule has 0 saturated heterocycles. The maximum absolute atomic E-state index is 10.9. The van der Waals surface area contributed by atoms with E-state index in [9.17, 15) is 10.1 Å². The van der Waals surface area contributed by atoms with Gasteiger partial charge in [0.1, 0.15) is 5.75 Å². The minimum absolute atomic E-state index is 0.145. The normalized spacial score (nSPS) is 12.0. The van der Waals surface area contributed by atoms with Crippen molar-refractivity contribution < 1.29 is 19.1 Å². The third-order valence-electron chi connectivity index (χ3n) is 2.57. The summed E-state index contributed by atoms with van der Waals surface area (Å²) in [5, 5.41) is 10.9. The van der Waals surface area contributed by atoms with Gasteiger partial charge in [0.05, 0.1) is 31.3 Å². The quantitative estimate of drug-likeness (QED) is 0.608. The minimum atomic E-state index is -0.532. The van der Waals surface area contributed by atoms with Crippen LogP contribution in [0.25, 0.3) is 0 Å². The van der Waals surface area contributed by atoms with Gasteiger partial charge in [0.25, 0.3) is 0 Å². The van der Waals surface area contributed by atoms with Gasteiger partial charge in [-0.2, -0.15) is 0 Å². The lowest BCUT2D eigenvalue weighted by molar-refractivity contribution is -0.385. The van der Waals surface area contributed by atoms with Crippen molar-refractivity contribution in [1.82, 2.24) is 0 Å². The summed E-state index contributed by atoms with van der Waals surface area (Å²) in [5.41, 5.74) is 6.03. The highest BCUT2D eigenvalue weighted by Gasteiger charge is 2.23. The highest BCUT2D eigenvalue weighted by molar-refractivity contribution is 5.55. The second-order valence-corrected chi connectivity index (χ2v) is 3.48. The molecule has 0 saturated carbocycles. The van der Waals surface area contributed by atoms with Gasteiger partial charge in [-0.3, -0.25) is 10.1 Å². The standard InChI is InChI=1S/C11H16N2O5/c1-16-9-5-8(13(14)15)10(17-2)4-7(9)11(6-12)18-3/h4-5,11H,6,12H2,1-3H3/t11-/m0/s1. The zero-order chi connectivity index (χ0) is 13.7. The van der Waals surface area contributed by atoms with E-state index in [0.717, 1.165) is 0 Å². The molecule has 0 fully saturated rings. The Labute approximate surface area is 105 Å². The number of nitrogens with zero attached hydrogens (tertiary/aromatic N) is 1. The highest BCUT2D eigenvalue weighted by atomic mass is 16.6. The number of ether oxygens (including phenoxy) is 3. The summed E-state index contributed by atoms with van der Waals surface area (Å²) in [6.07, 6.45) is -0.408. The van der Waals surface area contributed by atoms with Crippen molar-refractivity contribution in [3.63, 3.8) is 0 Å². The number of hydrogen-bond acceptors (Lipinski definition) is 6. The molecule has 0 amide bonds. The number of hydrogen-bond donors (Lipinski definition) is 1. The van der Waals surface area contributed by atoms with E-state index in [1.54, 1.807) is 0 Å². The first kappa shape index (κ1) is 14.2. The monoisotopic (exact) mass is 256 g/mol. The molecule has 0 bridgehead atoms. The number of nitrogens with two attached hydrogens (primary N) is 1. The first-order valence-corrected chi connectivity index (χ1v) is 5.22. The molecule has 7 heteroatoms. The number of rotatable bonds is 6. The Hall–Kier alpha value is -1.86. The van der Waals surface area contributed by atoms with Crippen LogP contribution in [0.5, 0.6) is 11.5 Å². The number of nitro groups is 1. The molecular formula is C11H16N2O5. The molecule has 1 atom stereocenters. The van der Waals surface area contributed by atoms with Gasteiger partial charge in [0, 0.05) is 19.2 Å². The Bertz CT molecular complexity index is 432. The van der Waals surface area contributed by atoms with Crippen LogP contribution in [-0.4, -0.2) is 32.8 Å². The van der Waals surface area contributed by atoms with Crippen molar-refractivity contribution in [3.8, 4) is 11.5 Å². The van der Waals surface area contributed by atoms with E-state index >= 15 is 0 Å². The van der Waals surface area contributed by atoms with Crippen LogP contribution < -0.4 is 15.2 Å². The fourth-order valence-corrected chi connectivity index (χ4v) is 1.65. The van der Waals surface area contributed by atoms with Crippen LogP contribution in [0.3, 0.4) is 0 Å². The van der Waals surface area contributed by atoms with E-state index in [-0.39, 0.29) is 18.0 Å². The minimum Gasteiger partial charge on any atom is -0.496 e. The molecule has 1 aromatic rings. The smallest absolute Gasteiger partial charge is 0.314 e. The number of nitro benzene ring substituents is 1. The van der Waals surface area contributed by atoms with Gasteiger partial charge in [0.2, 0.25) is 0 Å². The van der Waals surface area contributed by atoms with Gasteiger partial charge in [-0.05, 0) is 6.07 Å². The van der Waals surface area contributed by atoms with Crippen LogP contribution in [-0.2, 0) is 4.74 Å². The summed E-state index contributed by atoms with van der Waals surface area (Å²) >= 11 is 0. The number of methoxy groups -OCH3 is 3. The first-order valence-electron chi connectivity index (χ1n) is 5.22. The summed E-state index contributed by atoms with van der Waals surface area (Å²) in [7, 11) is 4.30. The summed E-state index contributed by atoms with van der Waals surface area (Å²) in [6, 6.07) is 2.81. The fraction of sp³-hybridized carbons (Fsp3) is 0.455. The Morgan fingerprint density at radius 3 is 2.28 bits per heavy atom. The summed E-state index contributed by atoms with van der Waals surface area (Å²) in [6.45, 7) is 0.230. The summed E-state index contributed by atoms with van der Waals surface area (Å²) < 4.78 is 15.3. The van der Waals surface area contributed by atoms with Crippen LogP contribution >= 0.6 is 0 Å². The van der Waals surface area contributed by atoms with Crippen LogP contribution in [0.15, 0.2) is 12.1 Å². The maximum atomic E-state index is 10.9. The van der Waals surface area contributed by atoms with Crippen LogP contribution in [0.2, 0.25) is 0 Å². The molecular weight excluding hydrogens is 240 g/mol. The summed E-state index contributed by atoms with van der Waals surface area (Å²) in [4.78, 5) is 10.4. The van der Waals surface area contributed by atoms with Gasteiger partial charge >= 0.3 is 5.69 Å². The van der Waals surface area contributed by atoms with E-state index in [1.807, 2.05) is 0 Å². The van der Waals surface area contributed by atoms with Gasteiger partial charge in [-0.15, -0.1) is 0 Å². The van der Waals surface area contributed by atoms with Crippen molar-refractivity contribution in [2.45, 2.75) is 6.10 Å². The zero-order valence-corrected chi connectivity index (χ0v) is 10.5. The van der Waals surface area contributed by atoms with Gasteiger partial charge in [-0.1, -0.05) is 0 Å². The SMILES string of the molecule is COc1cc([N+](=O)[O-])c(OC)cc1[C@H](CN)OC. The van der Waals surface area contributed by atoms with E-state index in [0.29, 0.717) is 11.3 Å². The molecule has 2 N–H and O–H groups in total. The van der Waals surface area contributed by atoms with Crippen molar-refractivity contribution in [2.75, 3.05) is 27.9 Å². The Morgan fingerprint density at radius 2 is 1.89 bits per heavy atom. The Morgan fingerprint density at radius 1 is 1.28 bits per heavy atom. The zero-order valence-electron chi connectivity index (χ0n) is 10.5. The highest BCUT2D eigenvalue weighted by Crippen LogP contribution is 2.37. The Balaban J connectivity index is 3.38. The second kappa shape index (κ2) is 6.18. The molecule has 100 valence electrons. The van der Waals surface area contributed by atoms with E-state index in [1.165, 1.54) is 33.5 Å². The van der Waals surface area contributed by atoms with Crippen LogP contribution in [0.1, 0.15) is 11.7 Å². The van der Waals surface area contributed by atoms with Crippen molar-refractivity contribution in [2.24, 2.45) is 5.73 Å². The van der Waals surface area contributed by atoms with Crippen molar-refractivity contribution >= 4 is 5.69 Å². The molecule has 0 radical (unpaired) electrons. The molecule has 0 unspecified atom stereocenters. The largest absolute Gasteiger partial charge is 0.496 e. The third kappa shape index (κ3) is 2.69. The van der Waals surface area contributed by atoms with Gasteiger partial charge in [-0.25, -0.2) is 0 Å². The molecule has 0 aliphatic carbocycles. The van der Waals surface area contributed by atoms with Crippen molar-refractivity contribution in [1.29, 1.82) is 0 Å². The van der Waals surface area contributed by atoms with Crippen LogP contribution in [0.4, 0.5) is 5.69 Å². The fourth-order valence-electron chi connectivity index (χ4n) is 1.65. The molecule has 7 nitrogen and oxygen atoms in total. The third-order valence-corrected chi connectivity index (χ3v) is 2.57. The molecule has 0 spiro atoms. The topological polar surface area (TPSA) is 96.9 Å². The first-order chi connectivity index (χ1) is 8.58. The molecule has 0 heterocycles. The predicted molar refractivity (Wildman–Crippen MR) is 65.0 cm³/mol. The lowest BCUT2D eigenvalue weighted by Crippen LogP contribution is -2.15. The lowest BCUT2D eigenvalue weighted by atomic mass is 10.1. The van der Waals surface area contributed by atoms with E-state index in [4.69, 9.17) is 19.9 Å². The second-order valence-electron chi connectivity index (χ2n) is 3.48.